The van der Waals surface area contributed by atoms with Gasteiger partial charge in [0.05, 0.1) is 6.61 Å². The molecule has 0 saturated carbocycles. The number of carbonyl (C=O) groups excluding carboxylic acids is 3. The summed E-state index contributed by atoms with van der Waals surface area (Å²) < 4.78 is 22.8. The van der Waals surface area contributed by atoms with E-state index < -0.39 is 6.16 Å². The zero-order chi connectivity index (χ0) is 44.9. The number of hydrogen-bond acceptors (Lipinski definition) is 9. The van der Waals surface area contributed by atoms with Crippen LogP contribution in [0.3, 0.4) is 0 Å². The summed E-state index contributed by atoms with van der Waals surface area (Å²) in [6.45, 7) is 19.0. The number of rotatable bonds is 46. The molecule has 0 spiro atoms. The normalized spacial score (nSPS) is 12.7. The van der Waals surface area contributed by atoms with Crippen molar-refractivity contribution in [3.05, 3.63) is 12.2 Å². The molecule has 2 unspecified atom stereocenters. The van der Waals surface area contributed by atoms with E-state index in [1.807, 2.05) is 0 Å². The number of carbonyl (C=O) groups is 3. The van der Waals surface area contributed by atoms with E-state index in [0.29, 0.717) is 57.9 Å². The molecule has 9 heteroatoms. The van der Waals surface area contributed by atoms with Gasteiger partial charge in [0.15, 0.2) is 0 Å². The van der Waals surface area contributed by atoms with Gasteiger partial charge in [0.25, 0.3) is 0 Å². The number of unbranched alkanes of at least 4 members (excludes halogenated alkanes) is 18. The molecule has 0 rings (SSSR count). The summed E-state index contributed by atoms with van der Waals surface area (Å²) >= 11 is 0. The minimum Gasteiger partial charge on any atom is -0.465 e. The lowest BCUT2D eigenvalue weighted by molar-refractivity contribution is -0.145. The van der Waals surface area contributed by atoms with Crippen LogP contribution in [0, 0.1) is 5.92 Å². The molecule has 0 radical (unpaired) electrons. The molecule has 0 heterocycles. The van der Waals surface area contributed by atoms with Gasteiger partial charge in [-0.05, 0) is 89.6 Å². The van der Waals surface area contributed by atoms with Crippen molar-refractivity contribution in [1.82, 2.24) is 9.80 Å². The van der Waals surface area contributed by atoms with E-state index >= 15 is 0 Å². The Morgan fingerprint density at radius 1 is 0.443 bits per heavy atom. The van der Waals surface area contributed by atoms with Crippen LogP contribution in [0.25, 0.3) is 0 Å². The van der Waals surface area contributed by atoms with E-state index in [0.717, 1.165) is 103 Å². The number of esters is 2. The standard InChI is InChI=1S/C52H100N2O7/c1-7-13-17-20-21-22-23-24-25-26-27-28-29-30-33-39-50(55)58-45-43-54(42-41-53(11-5)12-6)44-46-59-52(57)61-49(37-32-19-15-9-3)38-34-40-51(56)60-47-48(35-16-10-4)36-31-18-14-8-2/h24-25,48-49H,7-23,26-47H2,1-6H3/b25-24-. The first-order valence-corrected chi connectivity index (χ1v) is 26.1. The second-order valence-electron chi connectivity index (χ2n) is 17.5. The van der Waals surface area contributed by atoms with Crippen LogP contribution in [0.2, 0.25) is 0 Å². The van der Waals surface area contributed by atoms with Crippen LogP contribution >= 0.6 is 0 Å². The van der Waals surface area contributed by atoms with Crippen LogP contribution < -0.4 is 0 Å². The van der Waals surface area contributed by atoms with Gasteiger partial charge in [0.2, 0.25) is 0 Å². The summed E-state index contributed by atoms with van der Waals surface area (Å²) in [5.74, 6) is 0.162. The topological polar surface area (TPSA) is 94.6 Å². The Morgan fingerprint density at radius 2 is 0.902 bits per heavy atom. The van der Waals surface area contributed by atoms with Crippen molar-refractivity contribution in [2.24, 2.45) is 5.92 Å². The van der Waals surface area contributed by atoms with Gasteiger partial charge in [-0.25, -0.2) is 4.79 Å². The second kappa shape index (κ2) is 45.9. The SMILES string of the molecule is CCCCCCCC/C=C\CCCCCCCC(=O)OCCN(CCOC(=O)OC(CCCCCC)CCCC(=O)OCC(CCCC)CCCCCC)CCN(CC)CC. The molecule has 0 aliphatic heterocycles. The molecule has 0 N–H and O–H groups in total. The quantitative estimate of drug-likeness (QED) is 0.0257. The van der Waals surface area contributed by atoms with Crippen LogP contribution in [-0.4, -0.2) is 93.1 Å². The number of ether oxygens (including phenoxy) is 4. The molecule has 0 aromatic rings. The first-order chi connectivity index (χ1) is 29.8. The Morgan fingerprint density at radius 3 is 1.51 bits per heavy atom. The fourth-order valence-electron chi connectivity index (χ4n) is 7.77. The average molecular weight is 865 g/mol. The lowest BCUT2D eigenvalue weighted by Gasteiger charge is -2.26. The molecule has 360 valence electrons. The zero-order valence-corrected chi connectivity index (χ0v) is 41.1. The number of likely N-dealkylation sites (N-methyl/N-ethyl adjacent to an activating group) is 1. The highest BCUT2D eigenvalue weighted by atomic mass is 16.7. The van der Waals surface area contributed by atoms with E-state index in [2.05, 4.69) is 63.5 Å². The average Bonchev–Trinajstić information content (AvgIpc) is 3.25. The van der Waals surface area contributed by atoms with Gasteiger partial charge in [-0.3, -0.25) is 14.5 Å². The maximum Gasteiger partial charge on any atom is 0.508 e. The van der Waals surface area contributed by atoms with Gasteiger partial charge < -0.3 is 23.8 Å². The minimum absolute atomic E-state index is 0.131. The van der Waals surface area contributed by atoms with E-state index in [1.165, 1.54) is 89.9 Å². The third-order valence-corrected chi connectivity index (χ3v) is 12.0. The summed E-state index contributed by atoms with van der Waals surface area (Å²) in [7, 11) is 0. The molecular formula is C52H100N2O7. The summed E-state index contributed by atoms with van der Waals surface area (Å²) in [6, 6.07) is 0. The van der Waals surface area contributed by atoms with Crippen molar-refractivity contribution < 1.29 is 33.3 Å². The van der Waals surface area contributed by atoms with Crippen molar-refractivity contribution in [2.75, 3.05) is 59.1 Å². The molecular weight excluding hydrogens is 765 g/mol. The molecule has 61 heavy (non-hydrogen) atoms. The summed E-state index contributed by atoms with van der Waals surface area (Å²) in [5.41, 5.74) is 0. The first kappa shape index (κ1) is 58.9. The smallest absolute Gasteiger partial charge is 0.465 e. The molecule has 0 bridgehead atoms. The van der Waals surface area contributed by atoms with E-state index in [9.17, 15) is 14.4 Å². The third-order valence-electron chi connectivity index (χ3n) is 12.0. The maximum atomic E-state index is 12.9. The van der Waals surface area contributed by atoms with Crippen molar-refractivity contribution >= 4 is 18.1 Å². The Bertz CT molecular complexity index is 1000. The largest absolute Gasteiger partial charge is 0.508 e. The molecule has 0 aliphatic rings. The van der Waals surface area contributed by atoms with E-state index in [1.54, 1.807) is 0 Å². The van der Waals surface area contributed by atoms with Crippen LogP contribution in [0.15, 0.2) is 12.2 Å². The summed E-state index contributed by atoms with van der Waals surface area (Å²) in [4.78, 5) is 42.7. The lowest BCUT2D eigenvalue weighted by Crippen LogP contribution is -2.39. The first-order valence-electron chi connectivity index (χ1n) is 26.1. The third kappa shape index (κ3) is 40.4. The molecule has 0 saturated heterocycles. The molecule has 0 aromatic heterocycles. The molecule has 9 nitrogen and oxygen atoms in total. The molecule has 0 fully saturated rings. The molecule has 0 aromatic carbocycles. The van der Waals surface area contributed by atoms with Crippen LogP contribution in [0.5, 0.6) is 0 Å². The highest BCUT2D eigenvalue weighted by Gasteiger charge is 2.18. The van der Waals surface area contributed by atoms with Gasteiger partial charge in [-0.1, -0.05) is 163 Å². The fraction of sp³-hybridized carbons (Fsp3) is 0.904. The minimum atomic E-state index is -0.653. The van der Waals surface area contributed by atoms with Crippen molar-refractivity contribution in [1.29, 1.82) is 0 Å². The monoisotopic (exact) mass is 865 g/mol. The van der Waals surface area contributed by atoms with E-state index in [4.69, 9.17) is 18.9 Å². The van der Waals surface area contributed by atoms with Gasteiger partial charge in [-0.15, -0.1) is 0 Å². The Hall–Kier alpha value is -2.13. The van der Waals surface area contributed by atoms with E-state index in [-0.39, 0.29) is 24.6 Å². The van der Waals surface area contributed by atoms with Gasteiger partial charge >= 0.3 is 18.1 Å². The van der Waals surface area contributed by atoms with Crippen molar-refractivity contribution in [3.63, 3.8) is 0 Å². The Labute approximate surface area is 377 Å². The van der Waals surface area contributed by atoms with Crippen molar-refractivity contribution in [2.45, 2.75) is 240 Å². The Balaban J connectivity index is 4.67. The predicted octanol–water partition coefficient (Wildman–Crippen LogP) is 14.2. The maximum absolute atomic E-state index is 12.9. The summed E-state index contributed by atoms with van der Waals surface area (Å²) in [6.07, 6.45) is 36.5. The number of allylic oxidation sites excluding steroid dienone is 2. The van der Waals surface area contributed by atoms with Crippen LogP contribution in [0.1, 0.15) is 234 Å². The number of nitrogens with zero attached hydrogens (tertiary/aromatic N) is 2. The van der Waals surface area contributed by atoms with Gasteiger partial charge in [0.1, 0.15) is 19.3 Å². The zero-order valence-electron chi connectivity index (χ0n) is 41.1. The van der Waals surface area contributed by atoms with Crippen LogP contribution in [-0.2, 0) is 28.5 Å². The van der Waals surface area contributed by atoms with Crippen molar-refractivity contribution in [3.8, 4) is 0 Å². The lowest BCUT2D eigenvalue weighted by atomic mass is 9.96. The molecule has 2 atom stereocenters. The highest BCUT2D eigenvalue weighted by molar-refractivity contribution is 5.69. The Kier molecular flexibility index (Phi) is 44.3. The van der Waals surface area contributed by atoms with Gasteiger partial charge in [0, 0.05) is 39.0 Å². The highest BCUT2D eigenvalue weighted by Crippen LogP contribution is 2.20. The van der Waals surface area contributed by atoms with Gasteiger partial charge in [-0.2, -0.15) is 0 Å². The number of hydrogen-bond donors (Lipinski definition) is 0. The molecule has 0 amide bonds. The van der Waals surface area contributed by atoms with Crippen LogP contribution in [0.4, 0.5) is 4.79 Å². The molecule has 0 aliphatic carbocycles. The summed E-state index contributed by atoms with van der Waals surface area (Å²) in [5, 5.41) is 0. The fourth-order valence-corrected chi connectivity index (χ4v) is 7.77. The second-order valence-corrected chi connectivity index (χ2v) is 17.5. The predicted molar refractivity (Wildman–Crippen MR) is 256 cm³/mol.